The van der Waals surface area contributed by atoms with Crippen molar-refractivity contribution in [3.63, 3.8) is 0 Å². The highest BCUT2D eigenvalue weighted by molar-refractivity contribution is 5.97. The van der Waals surface area contributed by atoms with Crippen molar-refractivity contribution in [3.05, 3.63) is 99.5 Å². The zero-order valence-corrected chi connectivity index (χ0v) is 17.6. The van der Waals surface area contributed by atoms with Gasteiger partial charge in [0.15, 0.2) is 11.4 Å². The second-order valence-corrected chi connectivity index (χ2v) is 7.90. The van der Waals surface area contributed by atoms with Crippen LogP contribution in [0.25, 0.3) is 0 Å². The number of nitrogens with zero attached hydrogens (tertiary/aromatic N) is 2. The minimum atomic E-state index is -1.45. The minimum Gasteiger partial charge on any atom is -0.503 e. The van der Waals surface area contributed by atoms with Crippen LogP contribution in [0.5, 0.6) is 5.75 Å². The minimum absolute atomic E-state index is 0.165. The number of pyridine rings is 1. The summed E-state index contributed by atoms with van der Waals surface area (Å²) in [4.78, 5) is 39.0. The van der Waals surface area contributed by atoms with E-state index in [1.807, 2.05) is 67.6 Å². The normalized spacial score (nSPS) is 15.6. The Bertz CT molecular complexity index is 1160. The summed E-state index contributed by atoms with van der Waals surface area (Å²) in [5.41, 5.74) is 0.186. The summed E-state index contributed by atoms with van der Waals surface area (Å²) in [6.45, 7) is 2.72. The number of aromatic hydroxyl groups is 1. The zero-order valence-electron chi connectivity index (χ0n) is 17.6. The molecule has 1 aliphatic rings. The third kappa shape index (κ3) is 3.66. The molecular formula is C25H24N2O5. The molecule has 2 N–H and O–H groups in total. The molecule has 0 spiro atoms. The number of carboxylic acid groups (broad SMARTS) is 1. The average molecular weight is 432 g/mol. The van der Waals surface area contributed by atoms with Crippen LogP contribution >= 0.6 is 0 Å². The lowest BCUT2D eigenvalue weighted by Gasteiger charge is -2.40. The van der Waals surface area contributed by atoms with Gasteiger partial charge in [-0.2, -0.15) is 0 Å². The largest absolute Gasteiger partial charge is 0.503 e. The molecule has 2 aromatic carbocycles. The van der Waals surface area contributed by atoms with Gasteiger partial charge >= 0.3 is 5.97 Å². The molecule has 1 aromatic heterocycles. The van der Waals surface area contributed by atoms with Crippen LogP contribution in [-0.4, -0.2) is 44.6 Å². The van der Waals surface area contributed by atoms with Gasteiger partial charge in [-0.15, -0.1) is 0 Å². The average Bonchev–Trinajstić information content (AvgIpc) is 2.80. The van der Waals surface area contributed by atoms with E-state index in [2.05, 4.69) is 0 Å². The summed E-state index contributed by atoms with van der Waals surface area (Å²) in [6, 6.07) is 19.0. The molecule has 0 fully saturated rings. The summed E-state index contributed by atoms with van der Waals surface area (Å²) in [5.74, 6) is -2.99. The van der Waals surface area contributed by atoms with Gasteiger partial charge in [-0.05, 0) is 17.5 Å². The highest BCUT2D eigenvalue weighted by Crippen LogP contribution is 2.40. The van der Waals surface area contributed by atoms with Crippen molar-refractivity contribution in [1.29, 1.82) is 0 Å². The van der Waals surface area contributed by atoms with E-state index in [1.165, 1.54) is 10.8 Å². The van der Waals surface area contributed by atoms with E-state index in [-0.39, 0.29) is 11.6 Å². The summed E-state index contributed by atoms with van der Waals surface area (Å²) in [6.07, 6.45) is 1.91. The van der Waals surface area contributed by atoms with Gasteiger partial charge in [-0.1, -0.05) is 67.6 Å². The number of fused-ring (bicyclic) bond motifs is 1. The van der Waals surface area contributed by atoms with Crippen molar-refractivity contribution < 1.29 is 19.8 Å². The van der Waals surface area contributed by atoms with Crippen molar-refractivity contribution >= 4 is 11.9 Å². The SMILES string of the molecule is CCCN1C[C@H](C(c2ccccc2)c2ccccc2)n2cc(C(=O)O)c(=O)c(O)c2C1=O. The van der Waals surface area contributed by atoms with Gasteiger partial charge in [0.25, 0.3) is 5.91 Å². The fraction of sp³-hybridized carbons (Fsp3) is 0.240. The van der Waals surface area contributed by atoms with Crippen LogP contribution in [0.3, 0.4) is 0 Å². The van der Waals surface area contributed by atoms with Crippen molar-refractivity contribution in [2.24, 2.45) is 0 Å². The van der Waals surface area contributed by atoms with Crippen LogP contribution in [0.15, 0.2) is 71.7 Å². The monoisotopic (exact) mass is 432 g/mol. The molecule has 7 nitrogen and oxygen atoms in total. The molecule has 0 saturated heterocycles. The number of carboxylic acids is 1. The highest BCUT2D eigenvalue weighted by Gasteiger charge is 2.39. The molecule has 0 radical (unpaired) electrons. The summed E-state index contributed by atoms with van der Waals surface area (Å²) in [5, 5.41) is 20.2. The van der Waals surface area contributed by atoms with E-state index < -0.39 is 34.7 Å². The van der Waals surface area contributed by atoms with E-state index in [0.29, 0.717) is 19.5 Å². The van der Waals surface area contributed by atoms with Gasteiger partial charge in [0.05, 0.1) is 6.04 Å². The molecule has 0 saturated carbocycles. The highest BCUT2D eigenvalue weighted by atomic mass is 16.4. The molecule has 0 aliphatic carbocycles. The van der Waals surface area contributed by atoms with E-state index >= 15 is 0 Å². The Hall–Kier alpha value is -3.87. The predicted molar refractivity (Wildman–Crippen MR) is 119 cm³/mol. The van der Waals surface area contributed by atoms with Crippen molar-refractivity contribution in [2.75, 3.05) is 13.1 Å². The van der Waals surface area contributed by atoms with Crippen LogP contribution in [0, 0.1) is 0 Å². The van der Waals surface area contributed by atoms with E-state index in [9.17, 15) is 24.6 Å². The Morgan fingerprint density at radius 2 is 1.59 bits per heavy atom. The molecule has 1 aliphatic heterocycles. The third-order valence-electron chi connectivity index (χ3n) is 5.89. The van der Waals surface area contributed by atoms with Crippen LogP contribution in [-0.2, 0) is 0 Å². The molecule has 164 valence electrons. The molecule has 1 atom stereocenters. The number of aromatic nitrogens is 1. The Labute approximate surface area is 185 Å². The lowest BCUT2D eigenvalue weighted by atomic mass is 9.83. The molecule has 3 aromatic rings. The summed E-state index contributed by atoms with van der Waals surface area (Å²) >= 11 is 0. The second-order valence-electron chi connectivity index (χ2n) is 7.90. The van der Waals surface area contributed by atoms with Gasteiger partial charge in [0, 0.05) is 25.2 Å². The number of amides is 1. The molecule has 1 amide bonds. The molecular weight excluding hydrogens is 408 g/mol. The first-order valence-electron chi connectivity index (χ1n) is 10.5. The number of benzene rings is 2. The van der Waals surface area contributed by atoms with E-state index in [1.54, 1.807) is 4.90 Å². The number of rotatable bonds is 6. The number of aromatic carboxylic acids is 1. The summed E-state index contributed by atoms with van der Waals surface area (Å²) < 4.78 is 1.49. The van der Waals surface area contributed by atoms with Gasteiger partial charge in [0.2, 0.25) is 5.43 Å². The molecule has 2 heterocycles. The maximum Gasteiger partial charge on any atom is 0.341 e. The fourth-order valence-corrected chi connectivity index (χ4v) is 4.48. The Morgan fingerprint density at radius 1 is 1.03 bits per heavy atom. The first-order valence-corrected chi connectivity index (χ1v) is 10.5. The van der Waals surface area contributed by atoms with Gasteiger partial charge in [-0.25, -0.2) is 4.79 Å². The molecule has 4 rings (SSSR count). The lowest BCUT2D eigenvalue weighted by molar-refractivity contribution is 0.0637. The van der Waals surface area contributed by atoms with Crippen LogP contribution < -0.4 is 5.43 Å². The molecule has 7 heteroatoms. The Morgan fingerprint density at radius 3 is 2.09 bits per heavy atom. The number of hydrogen-bond acceptors (Lipinski definition) is 4. The first kappa shape index (κ1) is 21.4. The molecule has 0 unspecified atom stereocenters. The molecule has 0 bridgehead atoms. The van der Waals surface area contributed by atoms with Crippen LogP contribution in [0.4, 0.5) is 0 Å². The summed E-state index contributed by atoms with van der Waals surface area (Å²) in [7, 11) is 0. The standard InChI is InChI=1S/C25H24N2O5/c1-2-13-26-15-19(20(16-9-5-3-6-10-16)17-11-7-4-8-12-17)27-14-18(25(31)32)22(28)23(29)21(27)24(26)30/h3-12,14,19-20,29H,2,13,15H2,1H3,(H,31,32)/t19-/m1/s1. The lowest BCUT2D eigenvalue weighted by Crippen LogP contribution is -2.46. The van der Waals surface area contributed by atoms with Crippen LogP contribution in [0.1, 0.15) is 57.3 Å². The van der Waals surface area contributed by atoms with Gasteiger partial charge in [-0.3, -0.25) is 9.59 Å². The second kappa shape index (κ2) is 8.70. The zero-order chi connectivity index (χ0) is 22.8. The topological polar surface area (TPSA) is 99.8 Å². The number of hydrogen-bond donors (Lipinski definition) is 2. The molecule has 32 heavy (non-hydrogen) atoms. The Kier molecular flexibility index (Phi) is 5.81. The first-order chi connectivity index (χ1) is 15.4. The van der Waals surface area contributed by atoms with Crippen molar-refractivity contribution in [2.45, 2.75) is 25.3 Å². The fourth-order valence-electron chi connectivity index (χ4n) is 4.48. The van der Waals surface area contributed by atoms with E-state index in [4.69, 9.17) is 0 Å². The van der Waals surface area contributed by atoms with E-state index in [0.717, 1.165) is 11.1 Å². The smallest absolute Gasteiger partial charge is 0.341 e. The maximum atomic E-state index is 13.2. The predicted octanol–water partition coefficient (Wildman–Crippen LogP) is 3.49. The van der Waals surface area contributed by atoms with Gasteiger partial charge in [0.1, 0.15) is 5.56 Å². The van der Waals surface area contributed by atoms with Crippen molar-refractivity contribution in [1.82, 2.24) is 9.47 Å². The third-order valence-corrected chi connectivity index (χ3v) is 5.89. The number of carbonyl (C=O) groups excluding carboxylic acids is 1. The number of carbonyl (C=O) groups is 2. The quantitative estimate of drug-likeness (QED) is 0.621. The van der Waals surface area contributed by atoms with Gasteiger partial charge < -0.3 is 19.7 Å². The van der Waals surface area contributed by atoms with Crippen molar-refractivity contribution in [3.8, 4) is 5.75 Å². The maximum absolute atomic E-state index is 13.2. The van der Waals surface area contributed by atoms with Crippen LogP contribution in [0.2, 0.25) is 0 Å². The Balaban J connectivity index is 2.00.